The number of rotatable bonds is 3. The van der Waals surface area contributed by atoms with E-state index >= 15 is 0 Å². The van der Waals surface area contributed by atoms with Gasteiger partial charge in [-0.2, -0.15) is 0 Å². The van der Waals surface area contributed by atoms with Gasteiger partial charge in [0.05, 0.1) is 17.8 Å². The van der Waals surface area contributed by atoms with Crippen LogP contribution in [0.15, 0.2) is 30.6 Å². The van der Waals surface area contributed by atoms with Gasteiger partial charge in [0.25, 0.3) is 5.91 Å². The monoisotopic (exact) mass is 246 g/mol. The minimum absolute atomic E-state index is 0.157. The lowest BCUT2D eigenvalue weighted by Crippen LogP contribution is -2.24. The molecule has 0 aliphatic carbocycles. The summed E-state index contributed by atoms with van der Waals surface area (Å²) >= 11 is 0. The van der Waals surface area contributed by atoms with Gasteiger partial charge in [-0.05, 0) is 12.1 Å². The Morgan fingerprint density at radius 1 is 1.56 bits per heavy atom. The first-order valence-electron chi connectivity index (χ1n) is 5.41. The molecule has 0 bridgehead atoms. The van der Waals surface area contributed by atoms with Gasteiger partial charge in [0.2, 0.25) is 0 Å². The van der Waals surface area contributed by atoms with Gasteiger partial charge in [-0.15, -0.1) is 0 Å². The number of phenolic OH excluding ortho intramolecular Hbond substituents is 1. The number of aryl methyl sites for hydroxylation is 1. The Morgan fingerprint density at radius 2 is 2.33 bits per heavy atom. The number of benzene rings is 1. The predicted octanol–water partition coefficient (Wildman–Crippen LogP) is 0.638. The number of hydrogen-bond donors (Lipinski definition) is 3. The second kappa shape index (κ2) is 4.79. The maximum absolute atomic E-state index is 11.9. The van der Waals surface area contributed by atoms with E-state index in [4.69, 9.17) is 5.73 Å². The zero-order valence-electron chi connectivity index (χ0n) is 9.92. The molecule has 0 aliphatic heterocycles. The number of hydrogen-bond acceptors (Lipinski definition) is 4. The Morgan fingerprint density at radius 3 is 3.00 bits per heavy atom. The van der Waals surface area contributed by atoms with Crippen LogP contribution in [0.4, 0.5) is 5.69 Å². The number of nitrogens with zero attached hydrogens (tertiary/aromatic N) is 2. The Kier molecular flexibility index (Phi) is 3.18. The molecule has 18 heavy (non-hydrogen) atoms. The third-order valence-corrected chi connectivity index (χ3v) is 2.64. The van der Waals surface area contributed by atoms with E-state index in [9.17, 15) is 9.90 Å². The van der Waals surface area contributed by atoms with Gasteiger partial charge < -0.3 is 20.7 Å². The van der Waals surface area contributed by atoms with Gasteiger partial charge in [-0.3, -0.25) is 4.79 Å². The highest BCUT2D eigenvalue weighted by Crippen LogP contribution is 2.24. The fraction of sp³-hybridized carbons (Fsp3) is 0.167. The molecule has 1 amide bonds. The summed E-state index contributed by atoms with van der Waals surface area (Å²) in [4.78, 5) is 15.9. The van der Waals surface area contributed by atoms with E-state index in [2.05, 4.69) is 10.3 Å². The summed E-state index contributed by atoms with van der Waals surface area (Å²) in [5.74, 6) is 0.143. The van der Waals surface area contributed by atoms with E-state index in [1.165, 1.54) is 12.1 Å². The van der Waals surface area contributed by atoms with Crippen LogP contribution >= 0.6 is 0 Å². The zero-order chi connectivity index (χ0) is 13.1. The van der Waals surface area contributed by atoms with Crippen molar-refractivity contribution in [1.29, 1.82) is 0 Å². The summed E-state index contributed by atoms with van der Waals surface area (Å²) in [5.41, 5.74) is 5.86. The minimum atomic E-state index is -0.386. The van der Waals surface area contributed by atoms with Crippen molar-refractivity contribution in [3.8, 4) is 5.75 Å². The van der Waals surface area contributed by atoms with Crippen LogP contribution in [0, 0.1) is 0 Å². The standard InChI is InChI=1S/C12H14N4O2/c1-16-6-5-14-10(16)7-15-12(18)8-3-2-4-9(13)11(8)17/h2-6,17H,7,13H2,1H3,(H,15,18). The quantitative estimate of drug-likeness (QED) is 0.547. The topological polar surface area (TPSA) is 93.2 Å². The lowest BCUT2D eigenvalue weighted by atomic mass is 10.1. The Bertz CT molecular complexity index is 577. The van der Waals surface area contributed by atoms with Crippen molar-refractivity contribution < 1.29 is 9.90 Å². The average Bonchev–Trinajstić information content (AvgIpc) is 2.75. The molecule has 1 heterocycles. The summed E-state index contributed by atoms with van der Waals surface area (Å²) < 4.78 is 1.81. The molecule has 94 valence electrons. The van der Waals surface area contributed by atoms with Gasteiger partial charge in [0, 0.05) is 19.4 Å². The van der Waals surface area contributed by atoms with Gasteiger partial charge in [-0.25, -0.2) is 4.98 Å². The van der Waals surface area contributed by atoms with Crippen molar-refractivity contribution in [1.82, 2.24) is 14.9 Å². The number of amides is 1. The number of imidazole rings is 1. The highest BCUT2D eigenvalue weighted by Gasteiger charge is 2.13. The van der Waals surface area contributed by atoms with Crippen LogP contribution in [0.25, 0.3) is 0 Å². The molecule has 6 nitrogen and oxygen atoms in total. The number of carbonyl (C=O) groups is 1. The minimum Gasteiger partial charge on any atom is -0.505 e. The average molecular weight is 246 g/mol. The second-order valence-electron chi connectivity index (χ2n) is 3.88. The van der Waals surface area contributed by atoms with Crippen molar-refractivity contribution >= 4 is 11.6 Å². The van der Waals surface area contributed by atoms with Crippen LogP contribution in [0.3, 0.4) is 0 Å². The summed E-state index contributed by atoms with van der Waals surface area (Å²) in [6.45, 7) is 0.288. The number of phenols is 1. The maximum atomic E-state index is 11.9. The molecule has 0 radical (unpaired) electrons. The number of anilines is 1. The molecule has 0 unspecified atom stereocenters. The zero-order valence-corrected chi connectivity index (χ0v) is 9.92. The molecule has 1 aromatic carbocycles. The van der Waals surface area contributed by atoms with Crippen molar-refractivity contribution in [3.63, 3.8) is 0 Å². The Hall–Kier alpha value is -2.50. The molecule has 1 aromatic heterocycles. The number of nitrogens with one attached hydrogen (secondary N) is 1. The predicted molar refractivity (Wildman–Crippen MR) is 66.9 cm³/mol. The summed E-state index contributed by atoms with van der Waals surface area (Å²) in [7, 11) is 1.84. The first-order chi connectivity index (χ1) is 8.59. The maximum Gasteiger partial charge on any atom is 0.255 e. The van der Waals surface area contributed by atoms with Crippen LogP contribution < -0.4 is 11.1 Å². The van der Waals surface area contributed by atoms with Crippen LogP contribution in [-0.4, -0.2) is 20.6 Å². The van der Waals surface area contributed by atoms with E-state index in [1.54, 1.807) is 23.0 Å². The molecule has 0 saturated heterocycles. The fourth-order valence-corrected chi connectivity index (χ4v) is 1.57. The Balaban J connectivity index is 2.09. The van der Waals surface area contributed by atoms with E-state index in [0.717, 1.165) is 5.82 Å². The van der Waals surface area contributed by atoms with Crippen molar-refractivity contribution in [2.75, 3.05) is 5.73 Å². The molecule has 2 rings (SSSR count). The van der Waals surface area contributed by atoms with Crippen LogP contribution in [0.2, 0.25) is 0 Å². The van der Waals surface area contributed by atoms with Gasteiger partial charge >= 0.3 is 0 Å². The molecule has 4 N–H and O–H groups in total. The highest BCUT2D eigenvalue weighted by molar-refractivity contribution is 5.98. The summed E-state index contributed by atoms with van der Waals surface area (Å²) in [6, 6.07) is 4.66. The fourth-order valence-electron chi connectivity index (χ4n) is 1.57. The van der Waals surface area contributed by atoms with Crippen molar-refractivity contribution in [2.24, 2.45) is 7.05 Å². The van der Waals surface area contributed by atoms with E-state index in [0.29, 0.717) is 0 Å². The number of para-hydroxylation sites is 1. The van der Waals surface area contributed by atoms with E-state index in [-0.39, 0.29) is 29.5 Å². The smallest absolute Gasteiger partial charge is 0.255 e. The SMILES string of the molecule is Cn1ccnc1CNC(=O)c1cccc(N)c1O. The van der Waals surface area contributed by atoms with Gasteiger partial charge in [0.1, 0.15) is 5.82 Å². The number of aromatic nitrogens is 2. The normalized spacial score (nSPS) is 10.3. The first kappa shape index (κ1) is 12.0. The van der Waals surface area contributed by atoms with Crippen LogP contribution in [0.5, 0.6) is 5.75 Å². The molecule has 0 aliphatic rings. The van der Waals surface area contributed by atoms with Crippen LogP contribution in [-0.2, 0) is 13.6 Å². The third kappa shape index (κ3) is 2.27. The van der Waals surface area contributed by atoms with Gasteiger partial charge in [0.15, 0.2) is 5.75 Å². The Labute approximate surface area is 104 Å². The molecule has 0 saturated carbocycles. The van der Waals surface area contributed by atoms with E-state index in [1.807, 2.05) is 7.05 Å². The third-order valence-electron chi connectivity index (χ3n) is 2.64. The van der Waals surface area contributed by atoms with Gasteiger partial charge in [-0.1, -0.05) is 6.07 Å². The van der Waals surface area contributed by atoms with Crippen molar-refractivity contribution in [2.45, 2.75) is 6.54 Å². The molecular formula is C12H14N4O2. The summed E-state index contributed by atoms with van der Waals surface area (Å²) in [6.07, 6.45) is 3.44. The lowest BCUT2D eigenvalue weighted by molar-refractivity contribution is 0.0947. The lowest BCUT2D eigenvalue weighted by Gasteiger charge is -2.08. The number of aromatic hydroxyl groups is 1. The molecule has 0 atom stereocenters. The number of carbonyl (C=O) groups excluding carboxylic acids is 1. The van der Waals surface area contributed by atoms with Crippen molar-refractivity contribution in [3.05, 3.63) is 42.0 Å². The first-order valence-corrected chi connectivity index (χ1v) is 5.41. The summed E-state index contributed by atoms with van der Waals surface area (Å²) in [5, 5.41) is 12.3. The van der Waals surface area contributed by atoms with Crippen LogP contribution in [0.1, 0.15) is 16.2 Å². The second-order valence-corrected chi connectivity index (χ2v) is 3.88. The molecule has 2 aromatic rings. The molecular weight excluding hydrogens is 232 g/mol. The largest absolute Gasteiger partial charge is 0.505 e. The molecule has 0 fully saturated rings. The molecule has 0 spiro atoms. The number of nitrogen functional groups attached to an aromatic ring is 1. The molecule has 6 heteroatoms. The number of nitrogens with two attached hydrogens (primary N) is 1. The van der Waals surface area contributed by atoms with E-state index < -0.39 is 0 Å². The highest BCUT2D eigenvalue weighted by atomic mass is 16.3.